The monoisotopic (exact) mass is 365 g/mol. The number of rotatable bonds is 6. The highest BCUT2D eigenvalue weighted by Crippen LogP contribution is 2.31. The van der Waals surface area contributed by atoms with Crippen LogP contribution in [-0.2, 0) is 4.79 Å². The Balaban J connectivity index is 2.13. The number of hydrogen-bond acceptors (Lipinski definition) is 4. The minimum absolute atomic E-state index is 0.257. The molecule has 0 aliphatic carbocycles. The lowest BCUT2D eigenvalue weighted by Gasteiger charge is -2.30. The van der Waals surface area contributed by atoms with E-state index in [0.717, 1.165) is 11.1 Å². The smallest absolute Gasteiger partial charge is 0.252 e. The third-order valence-corrected chi connectivity index (χ3v) is 5.09. The van der Waals surface area contributed by atoms with Gasteiger partial charge in [0.15, 0.2) is 0 Å². The van der Waals surface area contributed by atoms with E-state index in [4.69, 9.17) is 11.5 Å². The Bertz CT molecular complexity index is 1010. The van der Waals surface area contributed by atoms with Gasteiger partial charge in [-0.2, -0.15) is 5.10 Å². The molecule has 0 aliphatic rings. The number of benzene rings is 1. The lowest BCUT2D eigenvalue weighted by molar-refractivity contribution is -0.126. The first kappa shape index (κ1) is 18.4. The maximum absolute atomic E-state index is 11.9. The molecule has 7 nitrogen and oxygen atoms in total. The summed E-state index contributed by atoms with van der Waals surface area (Å²) in [7, 11) is 0. The summed E-state index contributed by atoms with van der Waals surface area (Å²) in [6.07, 6.45) is 3.31. The van der Waals surface area contributed by atoms with Crippen LogP contribution in [0.2, 0.25) is 0 Å². The Morgan fingerprint density at radius 3 is 2.41 bits per heavy atom. The Morgan fingerprint density at radius 1 is 1.15 bits per heavy atom. The third kappa shape index (κ3) is 3.36. The van der Waals surface area contributed by atoms with Crippen LogP contribution in [0, 0.1) is 5.41 Å². The summed E-state index contributed by atoms with van der Waals surface area (Å²) < 4.78 is 1.68. The van der Waals surface area contributed by atoms with Crippen molar-refractivity contribution in [3.05, 3.63) is 54.4 Å². The summed E-state index contributed by atoms with van der Waals surface area (Å²) in [6.45, 7) is 5.35. The molecule has 0 radical (unpaired) electrons. The number of nitrogens with zero attached hydrogens (tertiary/aromatic N) is 2. The highest BCUT2D eigenvalue weighted by molar-refractivity contribution is 6.02. The molecule has 1 aromatic carbocycles. The first-order chi connectivity index (χ1) is 12.7. The summed E-state index contributed by atoms with van der Waals surface area (Å²) in [6, 6.07) is 11.4. The van der Waals surface area contributed by atoms with Gasteiger partial charge in [0.25, 0.3) is 5.91 Å². The van der Waals surface area contributed by atoms with Gasteiger partial charge in [0.05, 0.1) is 28.4 Å². The molecule has 1 atom stereocenters. The van der Waals surface area contributed by atoms with E-state index in [0.29, 0.717) is 11.2 Å². The molecule has 1 unspecified atom stereocenters. The first-order valence-electron chi connectivity index (χ1n) is 8.65. The van der Waals surface area contributed by atoms with Crippen LogP contribution < -0.4 is 16.8 Å². The molecule has 0 bridgehead atoms. The Labute approximate surface area is 157 Å². The van der Waals surface area contributed by atoms with Crippen LogP contribution in [0.5, 0.6) is 0 Å². The SMILES string of the molecule is CC(Nc1c(C(N)=O)cnn2cc(-c3ccccc3)cc12)C(C)(C)C(N)=O. The topological polar surface area (TPSA) is 116 Å². The van der Waals surface area contributed by atoms with Gasteiger partial charge in [-0.15, -0.1) is 0 Å². The molecular weight excluding hydrogens is 342 g/mol. The van der Waals surface area contributed by atoms with Crippen LogP contribution in [-0.4, -0.2) is 27.5 Å². The van der Waals surface area contributed by atoms with E-state index in [2.05, 4.69) is 10.4 Å². The van der Waals surface area contributed by atoms with Crippen LogP contribution >= 0.6 is 0 Å². The highest BCUT2D eigenvalue weighted by Gasteiger charge is 2.33. The molecule has 5 N–H and O–H groups in total. The van der Waals surface area contributed by atoms with Crippen LogP contribution in [0.3, 0.4) is 0 Å². The Morgan fingerprint density at radius 2 is 1.81 bits per heavy atom. The van der Waals surface area contributed by atoms with Crippen molar-refractivity contribution < 1.29 is 9.59 Å². The second-order valence-corrected chi connectivity index (χ2v) is 7.17. The van der Waals surface area contributed by atoms with Crippen molar-refractivity contribution >= 4 is 23.0 Å². The molecule has 7 heteroatoms. The van der Waals surface area contributed by atoms with Crippen LogP contribution in [0.4, 0.5) is 5.69 Å². The lowest BCUT2D eigenvalue weighted by atomic mass is 9.84. The fraction of sp³-hybridized carbons (Fsp3) is 0.250. The molecule has 0 fully saturated rings. The molecule has 2 heterocycles. The minimum atomic E-state index is -0.829. The van der Waals surface area contributed by atoms with E-state index in [9.17, 15) is 9.59 Å². The predicted octanol–water partition coefficient (Wildman–Crippen LogP) is 2.41. The number of primary amides is 2. The molecule has 3 aromatic rings. The van der Waals surface area contributed by atoms with Gasteiger partial charge in [0, 0.05) is 17.8 Å². The fourth-order valence-corrected chi connectivity index (χ4v) is 2.79. The number of nitrogens with two attached hydrogens (primary N) is 2. The summed E-state index contributed by atoms with van der Waals surface area (Å²) >= 11 is 0. The highest BCUT2D eigenvalue weighted by atomic mass is 16.1. The van der Waals surface area contributed by atoms with E-state index in [1.54, 1.807) is 18.4 Å². The van der Waals surface area contributed by atoms with Gasteiger partial charge in [0.2, 0.25) is 5.91 Å². The van der Waals surface area contributed by atoms with Crippen LogP contribution in [0.1, 0.15) is 31.1 Å². The lowest BCUT2D eigenvalue weighted by Crippen LogP contribution is -2.44. The van der Waals surface area contributed by atoms with Crippen molar-refractivity contribution in [3.63, 3.8) is 0 Å². The minimum Gasteiger partial charge on any atom is -0.379 e. The average molecular weight is 365 g/mol. The van der Waals surface area contributed by atoms with Crippen molar-refractivity contribution in [1.29, 1.82) is 0 Å². The zero-order valence-corrected chi connectivity index (χ0v) is 15.6. The Kier molecular flexibility index (Phi) is 4.61. The third-order valence-electron chi connectivity index (χ3n) is 5.09. The summed E-state index contributed by atoms with van der Waals surface area (Å²) in [5.74, 6) is -1.03. The molecule has 2 amide bonds. The van der Waals surface area contributed by atoms with Gasteiger partial charge in [-0.1, -0.05) is 30.3 Å². The van der Waals surface area contributed by atoms with Crippen LogP contribution in [0.15, 0.2) is 48.8 Å². The van der Waals surface area contributed by atoms with Crippen molar-refractivity contribution in [2.24, 2.45) is 16.9 Å². The van der Waals surface area contributed by atoms with E-state index < -0.39 is 17.2 Å². The van der Waals surface area contributed by atoms with Gasteiger partial charge in [-0.25, -0.2) is 4.52 Å². The molecule has 0 aliphatic heterocycles. The molecule has 0 saturated heterocycles. The standard InChI is InChI=1S/C20H23N5O2/c1-12(20(2,3)19(22)27)24-17-15(18(21)26)10-23-25-11-14(9-16(17)25)13-7-5-4-6-8-13/h4-12,24H,1-3H3,(H2,21,26)(H2,22,27). The van der Waals surface area contributed by atoms with E-state index >= 15 is 0 Å². The molecule has 0 spiro atoms. The number of carbonyl (C=O) groups excluding carboxylic acids is 2. The van der Waals surface area contributed by atoms with E-state index in [1.807, 2.05) is 49.5 Å². The molecule has 27 heavy (non-hydrogen) atoms. The quantitative estimate of drug-likeness (QED) is 0.622. The number of aromatic nitrogens is 2. The van der Waals surface area contributed by atoms with Crippen LogP contribution in [0.25, 0.3) is 16.6 Å². The number of hydrogen-bond donors (Lipinski definition) is 3. The van der Waals surface area contributed by atoms with Gasteiger partial charge in [-0.3, -0.25) is 9.59 Å². The number of carbonyl (C=O) groups is 2. The zero-order chi connectivity index (χ0) is 19.8. The number of anilines is 1. The number of fused-ring (bicyclic) bond motifs is 1. The number of amides is 2. The van der Waals surface area contributed by atoms with E-state index in [1.165, 1.54) is 6.20 Å². The molecular formula is C20H23N5O2. The molecule has 3 rings (SSSR count). The first-order valence-corrected chi connectivity index (χ1v) is 8.65. The predicted molar refractivity (Wildman–Crippen MR) is 105 cm³/mol. The fourth-order valence-electron chi connectivity index (χ4n) is 2.79. The summed E-state index contributed by atoms with van der Waals surface area (Å²) in [5.41, 5.74) is 13.7. The van der Waals surface area contributed by atoms with Gasteiger partial charge >= 0.3 is 0 Å². The van der Waals surface area contributed by atoms with E-state index in [-0.39, 0.29) is 11.6 Å². The Hall–Kier alpha value is -3.35. The van der Waals surface area contributed by atoms with Gasteiger partial charge < -0.3 is 16.8 Å². The maximum atomic E-state index is 11.9. The summed E-state index contributed by atoms with van der Waals surface area (Å²) in [5, 5.41) is 7.56. The van der Waals surface area contributed by atoms with Crippen molar-refractivity contribution in [3.8, 4) is 11.1 Å². The van der Waals surface area contributed by atoms with Crippen molar-refractivity contribution in [2.45, 2.75) is 26.8 Å². The van der Waals surface area contributed by atoms with Crippen molar-refractivity contribution in [1.82, 2.24) is 9.61 Å². The second kappa shape index (κ2) is 6.75. The largest absolute Gasteiger partial charge is 0.379 e. The molecule has 2 aromatic heterocycles. The van der Waals surface area contributed by atoms with Gasteiger partial charge in [-0.05, 0) is 32.4 Å². The normalized spacial score (nSPS) is 12.7. The van der Waals surface area contributed by atoms with Crippen molar-refractivity contribution in [2.75, 3.05) is 5.32 Å². The number of nitrogens with one attached hydrogen (secondary N) is 1. The summed E-state index contributed by atoms with van der Waals surface area (Å²) in [4.78, 5) is 23.7. The molecule has 140 valence electrons. The van der Waals surface area contributed by atoms with Gasteiger partial charge in [0.1, 0.15) is 0 Å². The molecule has 0 saturated carbocycles. The average Bonchev–Trinajstić information content (AvgIpc) is 3.07. The second-order valence-electron chi connectivity index (χ2n) is 7.17. The zero-order valence-electron chi connectivity index (χ0n) is 15.6. The maximum Gasteiger partial charge on any atom is 0.252 e.